The van der Waals surface area contributed by atoms with Gasteiger partial charge in [-0.1, -0.05) is 19.8 Å². The van der Waals surface area contributed by atoms with Crippen molar-refractivity contribution in [3.8, 4) is 0 Å². The maximum absolute atomic E-state index is 11.4. The maximum atomic E-state index is 11.4. The molecule has 0 aromatic carbocycles. The van der Waals surface area contributed by atoms with Gasteiger partial charge >= 0.3 is 0 Å². The van der Waals surface area contributed by atoms with Crippen molar-refractivity contribution in [3.63, 3.8) is 0 Å². The predicted octanol–water partition coefficient (Wildman–Crippen LogP) is 2.37. The van der Waals surface area contributed by atoms with Crippen LogP contribution in [0.15, 0.2) is 0 Å². The summed E-state index contributed by atoms with van der Waals surface area (Å²) >= 11 is 0. The van der Waals surface area contributed by atoms with E-state index < -0.39 is 0 Å². The quantitative estimate of drug-likeness (QED) is 0.642. The SMILES string of the molecule is CCCCCN1C2CCC1CC(=O)C2. The fourth-order valence-corrected chi connectivity index (χ4v) is 2.97. The number of hydrogen-bond acceptors (Lipinski definition) is 2. The van der Waals surface area contributed by atoms with Crippen molar-refractivity contribution < 1.29 is 4.79 Å². The Hall–Kier alpha value is -0.370. The summed E-state index contributed by atoms with van der Waals surface area (Å²) in [7, 11) is 0. The van der Waals surface area contributed by atoms with Crippen LogP contribution in [0, 0.1) is 0 Å². The molecule has 0 saturated carbocycles. The smallest absolute Gasteiger partial charge is 0.136 e. The van der Waals surface area contributed by atoms with Gasteiger partial charge in [-0.2, -0.15) is 0 Å². The molecule has 2 unspecified atom stereocenters. The summed E-state index contributed by atoms with van der Waals surface area (Å²) in [4.78, 5) is 14.0. The molecule has 0 radical (unpaired) electrons. The topological polar surface area (TPSA) is 20.3 Å². The summed E-state index contributed by atoms with van der Waals surface area (Å²) < 4.78 is 0. The first-order valence-corrected chi connectivity index (χ1v) is 6.08. The second-order valence-corrected chi connectivity index (χ2v) is 4.78. The van der Waals surface area contributed by atoms with Crippen molar-refractivity contribution in [1.29, 1.82) is 0 Å². The summed E-state index contributed by atoms with van der Waals surface area (Å²) in [6.07, 6.45) is 8.15. The second-order valence-electron chi connectivity index (χ2n) is 4.78. The van der Waals surface area contributed by atoms with E-state index >= 15 is 0 Å². The van der Waals surface area contributed by atoms with E-state index in [1.165, 1.54) is 38.6 Å². The zero-order chi connectivity index (χ0) is 9.97. The molecule has 0 spiro atoms. The summed E-state index contributed by atoms with van der Waals surface area (Å²) in [6, 6.07) is 1.22. The van der Waals surface area contributed by atoms with Gasteiger partial charge in [0, 0.05) is 24.9 Å². The third kappa shape index (κ3) is 2.00. The zero-order valence-corrected chi connectivity index (χ0v) is 9.17. The van der Waals surface area contributed by atoms with E-state index in [1.807, 2.05) is 0 Å². The molecule has 0 N–H and O–H groups in total. The molecule has 2 rings (SSSR count). The molecule has 0 amide bonds. The molecule has 2 heterocycles. The van der Waals surface area contributed by atoms with Crippen LogP contribution >= 0.6 is 0 Å². The summed E-state index contributed by atoms with van der Waals surface area (Å²) in [6.45, 7) is 3.48. The van der Waals surface area contributed by atoms with Crippen molar-refractivity contribution in [3.05, 3.63) is 0 Å². The van der Waals surface area contributed by atoms with Crippen LogP contribution in [0.2, 0.25) is 0 Å². The molecule has 0 aliphatic carbocycles. The number of nitrogens with zero attached hydrogens (tertiary/aromatic N) is 1. The Morgan fingerprint density at radius 1 is 1.21 bits per heavy atom. The zero-order valence-electron chi connectivity index (χ0n) is 9.17. The van der Waals surface area contributed by atoms with Gasteiger partial charge in [0.25, 0.3) is 0 Å². The van der Waals surface area contributed by atoms with Gasteiger partial charge in [0.1, 0.15) is 5.78 Å². The van der Waals surface area contributed by atoms with Crippen LogP contribution in [0.5, 0.6) is 0 Å². The molecule has 2 bridgehead atoms. The highest BCUT2D eigenvalue weighted by Gasteiger charge is 2.39. The van der Waals surface area contributed by atoms with Crippen LogP contribution in [0.1, 0.15) is 51.9 Å². The summed E-state index contributed by atoms with van der Waals surface area (Å²) in [5.74, 6) is 0.504. The predicted molar refractivity (Wildman–Crippen MR) is 57.3 cm³/mol. The molecule has 2 atom stereocenters. The molecule has 2 saturated heterocycles. The van der Waals surface area contributed by atoms with E-state index in [9.17, 15) is 4.79 Å². The van der Waals surface area contributed by atoms with Crippen molar-refractivity contribution >= 4 is 5.78 Å². The number of carbonyl (C=O) groups is 1. The minimum absolute atomic E-state index is 0.504. The van der Waals surface area contributed by atoms with Crippen LogP contribution in [-0.2, 0) is 4.79 Å². The van der Waals surface area contributed by atoms with Gasteiger partial charge in [-0.3, -0.25) is 9.69 Å². The lowest BCUT2D eigenvalue weighted by molar-refractivity contribution is -0.123. The van der Waals surface area contributed by atoms with Gasteiger partial charge in [0.15, 0.2) is 0 Å². The van der Waals surface area contributed by atoms with E-state index in [0.717, 1.165) is 12.8 Å². The summed E-state index contributed by atoms with van der Waals surface area (Å²) in [5.41, 5.74) is 0. The van der Waals surface area contributed by atoms with Crippen molar-refractivity contribution in [1.82, 2.24) is 4.90 Å². The van der Waals surface area contributed by atoms with Crippen molar-refractivity contribution in [2.75, 3.05) is 6.54 Å². The van der Waals surface area contributed by atoms with E-state index in [0.29, 0.717) is 17.9 Å². The summed E-state index contributed by atoms with van der Waals surface area (Å²) in [5, 5.41) is 0. The Kier molecular flexibility index (Phi) is 3.22. The van der Waals surface area contributed by atoms with Crippen LogP contribution in [0.4, 0.5) is 0 Å². The van der Waals surface area contributed by atoms with Crippen LogP contribution in [-0.4, -0.2) is 29.3 Å². The van der Waals surface area contributed by atoms with Gasteiger partial charge in [0.2, 0.25) is 0 Å². The average molecular weight is 195 g/mol. The Labute approximate surface area is 86.7 Å². The maximum Gasteiger partial charge on any atom is 0.136 e. The number of piperidine rings is 1. The lowest BCUT2D eigenvalue weighted by Crippen LogP contribution is -2.43. The molecule has 2 nitrogen and oxygen atoms in total. The van der Waals surface area contributed by atoms with E-state index in [-0.39, 0.29) is 0 Å². The molecule has 2 aliphatic heterocycles. The van der Waals surface area contributed by atoms with Crippen LogP contribution in [0.3, 0.4) is 0 Å². The number of rotatable bonds is 4. The third-order valence-electron chi connectivity index (χ3n) is 3.72. The Bertz CT molecular complexity index is 198. The molecule has 80 valence electrons. The standard InChI is InChI=1S/C12H21NO/c1-2-3-4-7-13-10-5-6-11(13)9-12(14)8-10/h10-11H,2-9H2,1H3. The fourth-order valence-electron chi connectivity index (χ4n) is 2.97. The van der Waals surface area contributed by atoms with E-state index in [1.54, 1.807) is 0 Å². The van der Waals surface area contributed by atoms with Crippen molar-refractivity contribution in [2.45, 2.75) is 64.0 Å². The fraction of sp³-hybridized carbons (Fsp3) is 0.917. The Balaban J connectivity index is 1.84. The first kappa shape index (κ1) is 10.2. The van der Waals surface area contributed by atoms with Gasteiger partial charge in [-0.15, -0.1) is 0 Å². The molecule has 2 fully saturated rings. The molecule has 2 heteroatoms. The minimum atomic E-state index is 0.504. The Morgan fingerprint density at radius 2 is 1.86 bits per heavy atom. The highest BCUT2D eigenvalue weighted by atomic mass is 16.1. The van der Waals surface area contributed by atoms with Gasteiger partial charge < -0.3 is 0 Å². The molecular weight excluding hydrogens is 174 g/mol. The third-order valence-corrected chi connectivity index (χ3v) is 3.72. The van der Waals surface area contributed by atoms with Gasteiger partial charge in [-0.05, 0) is 25.8 Å². The number of ketones is 1. The van der Waals surface area contributed by atoms with Gasteiger partial charge in [-0.25, -0.2) is 0 Å². The van der Waals surface area contributed by atoms with E-state index in [2.05, 4.69) is 11.8 Å². The lowest BCUT2D eigenvalue weighted by Gasteiger charge is -2.33. The largest absolute Gasteiger partial charge is 0.300 e. The lowest BCUT2D eigenvalue weighted by atomic mass is 10.0. The van der Waals surface area contributed by atoms with E-state index in [4.69, 9.17) is 0 Å². The number of carbonyl (C=O) groups excluding carboxylic acids is 1. The molecular formula is C12H21NO. The number of hydrogen-bond donors (Lipinski definition) is 0. The first-order chi connectivity index (χ1) is 6.81. The molecule has 0 aromatic heterocycles. The molecule has 2 aliphatic rings. The second kappa shape index (κ2) is 4.43. The van der Waals surface area contributed by atoms with Crippen molar-refractivity contribution in [2.24, 2.45) is 0 Å². The number of Topliss-reactive ketones (excluding diaryl/α,β-unsaturated/α-hetero) is 1. The molecule has 14 heavy (non-hydrogen) atoms. The molecule has 0 aromatic rings. The monoisotopic (exact) mass is 195 g/mol. The van der Waals surface area contributed by atoms with Gasteiger partial charge in [0.05, 0.1) is 0 Å². The number of fused-ring (bicyclic) bond motifs is 2. The van der Waals surface area contributed by atoms with Crippen LogP contribution in [0.25, 0.3) is 0 Å². The Morgan fingerprint density at radius 3 is 2.43 bits per heavy atom. The highest BCUT2D eigenvalue weighted by molar-refractivity contribution is 5.80. The first-order valence-electron chi connectivity index (χ1n) is 6.08. The number of unbranched alkanes of at least 4 members (excludes halogenated alkanes) is 2. The normalized spacial score (nSPS) is 32.5. The average Bonchev–Trinajstić information content (AvgIpc) is 2.42. The minimum Gasteiger partial charge on any atom is -0.300 e. The van der Waals surface area contributed by atoms with Crippen LogP contribution < -0.4 is 0 Å². The highest BCUT2D eigenvalue weighted by Crippen LogP contribution is 2.33.